The molecule has 0 atom stereocenters. The van der Waals surface area contributed by atoms with Gasteiger partial charge in [0.25, 0.3) is 0 Å². The van der Waals surface area contributed by atoms with Crippen molar-refractivity contribution in [3.63, 3.8) is 0 Å². The highest BCUT2D eigenvalue weighted by Gasteiger charge is 2.05. The van der Waals surface area contributed by atoms with Crippen molar-refractivity contribution in [2.45, 2.75) is 45.4 Å². The Kier molecular flexibility index (Phi) is 6.19. The van der Waals surface area contributed by atoms with Gasteiger partial charge in [-0.2, -0.15) is 0 Å². The molecule has 0 aromatic heterocycles. The minimum absolute atomic E-state index is 0.0650. The van der Waals surface area contributed by atoms with Gasteiger partial charge < -0.3 is 11.1 Å². The second-order valence-corrected chi connectivity index (χ2v) is 4.44. The zero-order valence-corrected chi connectivity index (χ0v) is 10.8. The van der Waals surface area contributed by atoms with Crippen LogP contribution in [0.15, 0.2) is 18.2 Å². The fourth-order valence-corrected chi connectivity index (χ4v) is 1.75. The SMILES string of the molecule is CCCCCCCC(=O)Nc1ccc(F)cc1N. The van der Waals surface area contributed by atoms with Crippen LogP contribution in [0.25, 0.3) is 0 Å². The van der Waals surface area contributed by atoms with Gasteiger partial charge in [-0.3, -0.25) is 4.79 Å². The number of halogens is 1. The summed E-state index contributed by atoms with van der Waals surface area (Å²) in [5.41, 5.74) is 6.35. The molecule has 0 aliphatic heterocycles. The van der Waals surface area contributed by atoms with Crippen molar-refractivity contribution in [3.8, 4) is 0 Å². The number of anilines is 2. The number of unbranched alkanes of at least 4 members (excludes halogenated alkanes) is 4. The van der Waals surface area contributed by atoms with E-state index < -0.39 is 5.82 Å². The number of nitrogens with two attached hydrogens (primary N) is 1. The third-order valence-corrected chi connectivity index (χ3v) is 2.80. The Balaban J connectivity index is 2.31. The molecule has 1 aromatic carbocycles. The fraction of sp³-hybridized carbons (Fsp3) is 0.500. The van der Waals surface area contributed by atoms with Gasteiger partial charge in [-0.1, -0.05) is 32.6 Å². The molecule has 0 radical (unpaired) electrons. The number of hydrogen-bond donors (Lipinski definition) is 2. The van der Waals surface area contributed by atoms with Crippen molar-refractivity contribution in [1.82, 2.24) is 0 Å². The maximum Gasteiger partial charge on any atom is 0.224 e. The van der Waals surface area contributed by atoms with Crippen LogP contribution in [0.5, 0.6) is 0 Å². The maximum absolute atomic E-state index is 12.8. The van der Waals surface area contributed by atoms with Crippen molar-refractivity contribution >= 4 is 17.3 Å². The number of nitrogens with one attached hydrogen (secondary N) is 1. The Hall–Kier alpha value is -1.58. The monoisotopic (exact) mass is 252 g/mol. The fourth-order valence-electron chi connectivity index (χ4n) is 1.75. The largest absolute Gasteiger partial charge is 0.397 e. The van der Waals surface area contributed by atoms with Gasteiger partial charge in [0.15, 0.2) is 0 Å². The number of benzene rings is 1. The van der Waals surface area contributed by atoms with E-state index in [2.05, 4.69) is 12.2 Å². The van der Waals surface area contributed by atoms with Crippen LogP contribution in [0.4, 0.5) is 15.8 Å². The van der Waals surface area contributed by atoms with Gasteiger partial charge >= 0.3 is 0 Å². The minimum Gasteiger partial charge on any atom is -0.397 e. The number of amides is 1. The van der Waals surface area contributed by atoms with Crippen LogP contribution < -0.4 is 11.1 Å². The first-order chi connectivity index (χ1) is 8.63. The van der Waals surface area contributed by atoms with Crippen LogP contribution in [0, 0.1) is 5.82 Å². The Bertz CT molecular complexity index is 393. The lowest BCUT2D eigenvalue weighted by molar-refractivity contribution is -0.116. The molecule has 0 unspecified atom stereocenters. The summed E-state index contributed by atoms with van der Waals surface area (Å²) in [5.74, 6) is -0.463. The van der Waals surface area contributed by atoms with Crippen LogP contribution in [0.3, 0.4) is 0 Å². The molecule has 0 bridgehead atoms. The molecule has 1 amide bonds. The zero-order chi connectivity index (χ0) is 13.4. The van der Waals surface area contributed by atoms with Gasteiger partial charge in [-0.25, -0.2) is 4.39 Å². The van der Waals surface area contributed by atoms with Crippen molar-refractivity contribution < 1.29 is 9.18 Å². The highest BCUT2D eigenvalue weighted by Crippen LogP contribution is 2.19. The molecular formula is C14H21FN2O. The van der Waals surface area contributed by atoms with E-state index in [-0.39, 0.29) is 11.6 Å². The highest BCUT2D eigenvalue weighted by molar-refractivity contribution is 5.93. The molecule has 0 spiro atoms. The predicted octanol–water partition coefficient (Wildman–Crippen LogP) is 3.71. The van der Waals surface area contributed by atoms with E-state index in [1.54, 1.807) is 0 Å². The Morgan fingerprint density at radius 1 is 1.28 bits per heavy atom. The summed E-state index contributed by atoms with van der Waals surface area (Å²) in [6.07, 6.45) is 6.01. The Morgan fingerprint density at radius 3 is 2.67 bits per heavy atom. The molecule has 0 heterocycles. The topological polar surface area (TPSA) is 55.1 Å². The lowest BCUT2D eigenvalue weighted by Crippen LogP contribution is -2.12. The van der Waals surface area contributed by atoms with Crippen molar-refractivity contribution in [2.75, 3.05) is 11.1 Å². The molecule has 1 aromatic rings. The molecular weight excluding hydrogens is 231 g/mol. The highest BCUT2D eigenvalue weighted by atomic mass is 19.1. The summed E-state index contributed by atoms with van der Waals surface area (Å²) < 4.78 is 12.8. The van der Waals surface area contributed by atoms with E-state index in [1.165, 1.54) is 37.5 Å². The molecule has 18 heavy (non-hydrogen) atoms. The number of nitrogen functional groups attached to an aromatic ring is 1. The third-order valence-electron chi connectivity index (χ3n) is 2.80. The van der Waals surface area contributed by atoms with Gasteiger partial charge in [0, 0.05) is 6.42 Å². The van der Waals surface area contributed by atoms with Gasteiger partial charge in [0.2, 0.25) is 5.91 Å². The summed E-state index contributed by atoms with van der Waals surface area (Å²) in [7, 11) is 0. The number of hydrogen-bond acceptors (Lipinski definition) is 2. The second kappa shape index (κ2) is 7.69. The average molecular weight is 252 g/mol. The van der Waals surface area contributed by atoms with Crippen LogP contribution in [0.2, 0.25) is 0 Å². The first-order valence-electron chi connectivity index (χ1n) is 6.48. The second-order valence-electron chi connectivity index (χ2n) is 4.44. The molecule has 0 saturated heterocycles. The maximum atomic E-state index is 12.8. The minimum atomic E-state index is -0.398. The van der Waals surface area contributed by atoms with E-state index in [0.717, 1.165) is 12.8 Å². The van der Waals surface area contributed by atoms with Crippen LogP contribution >= 0.6 is 0 Å². The molecule has 0 aliphatic carbocycles. The van der Waals surface area contributed by atoms with Gasteiger partial charge in [-0.05, 0) is 24.6 Å². The molecule has 4 heteroatoms. The lowest BCUT2D eigenvalue weighted by Gasteiger charge is -2.08. The van der Waals surface area contributed by atoms with E-state index in [4.69, 9.17) is 5.73 Å². The number of rotatable bonds is 7. The lowest BCUT2D eigenvalue weighted by atomic mass is 10.1. The van der Waals surface area contributed by atoms with E-state index >= 15 is 0 Å². The van der Waals surface area contributed by atoms with Crippen LogP contribution in [0.1, 0.15) is 45.4 Å². The Labute approximate surface area is 108 Å². The van der Waals surface area contributed by atoms with Crippen LogP contribution in [-0.4, -0.2) is 5.91 Å². The summed E-state index contributed by atoms with van der Waals surface area (Å²) >= 11 is 0. The first-order valence-corrected chi connectivity index (χ1v) is 6.48. The summed E-state index contributed by atoms with van der Waals surface area (Å²) in [6, 6.07) is 3.98. The number of carbonyl (C=O) groups excluding carboxylic acids is 1. The average Bonchev–Trinajstić information content (AvgIpc) is 2.32. The summed E-state index contributed by atoms with van der Waals surface area (Å²) in [5, 5.41) is 2.70. The van der Waals surface area contributed by atoms with E-state index in [1.807, 2.05) is 0 Å². The first kappa shape index (κ1) is 14.5. The third kappa shape index (κ3) is 5.17. The smallest absolute Gasteiger partial charge is 0.224 e. The number of carbonyl (C=O) groups is 1. The molecule has 0 saturated carbocycles. The normalized spacial score (nSPS) is 10.3. The quantitative estimate of drug-likeness (QED) is 0.574. The molecule has 0 fully saturated rings. The summed E-state index contributed by atoms with van der Waals surface area (Å²) in [4.78, 5) is 11.6. The van der Waals surface area contributed by atoms with Crippen molar-refractivity contribution in [2.24, 2.45) is 0 Å². The van der Waals surface area contributed by atoms with E-state index in [0.29, 0.717) is 12.1 Å². The van der Waals surface area contributed by atoms with Crippen molar-refractivity contribution in [1.29, 1.82) is 0 Å². The van der Waals surface area contributed by atoms with Crippen molar-refractivity contribution in [3.05, 3.63) is 24.0 Å². The molecule has 1 rings (SSSR count). The van der Waals surface area contributed by atoms with Gasteiger partial charge in [0.1, 0.15) is 5.82 Å². The zero-order valence-electron chi connectivity index (χ0n) is 10.8. The molecule has 3 N–H and O–H groups in total. The molecule has 3 nitrogen and oxygen atoms in total. The van der Waals surface area contributed by atoms with Crippen LogP contribution in [-0.2, 0) is 4.79 Å². The predicted molar refractivity (Wildman–Crippen MR) is 72.8 cm³/mol. The molecule has 0 aliphatic rings. The van der Waals surface area contributed by atoms with E-state index in [9.17, 15) is 9.18 Å². The Morgan fingerprint density at radius 2 is 2.00 bits per heavy atom. The van der Waals surface area contributed by atoms with Gasteiger partial charge in [-0.15, -0.1) is 0 Å². The standard InChI is InChI=1S/C14H21FN2O/c1-2-3-4-5-6-7-14(18)17-13-9-8-11(15)10-12(13)16/h8-10H,2-7,16H2,1H3,(H,17,18). The molecule has 100 valence electrons. The summed E-state index contributed by atoms with van der Waals surface area (Å²) in [6.45, 7) is 2.16. The van der Waals surface area contributed by atoms with Gasteiger partial charge in [0.05, 0.1) is 11.4 Å².